The fraction of sp³-hybridized carbons (Fsp3) is 1.00. The normalized spacial score (nSPS) is 24.0. The summed E-state index contributed by atoms with van der Waals surface area (Å²) in [4.78, 5) is 0. The van der Waals surface area contributed by atoms with Gasteiger partial charge in [-0.3, -0.25) is 0 Å². The predicted octanol–water partition coefficient (Wildman–Crippen LogP) is 3.49. The molecule has 0 aliphatic heterocycles. The zero-order chi connectivity index (χ0) is 12.0. The van der Waals surface area contributed by atoms with E-state index in [0.717, 1.165) is 25.2 Å². The summed E-state index contributed by atoms with van der Waals surface area (Å²) in [6.45, 7) is 4.56. The third kappa shape index (κ3) is 3.46. The van der Waals surface area contributed by atoms with E-state index in [1.165, 1.54) is 32.1 Å². The van der Waals surface area contributed by atoms with E-state index >= 15 is 0 Å². The molecule has 0 aromatic carbocycles. The van der Waals surface area contributed by atoms with Gasteiger partial charge in [0.2, 0.25) is 0 Å². The Morgan fingerprint density at radius 1 is 1.25 bits per heavy atom. The average molecular weight is 227 g/mol. The molecule has 2 atom stereocenters. The molecule has 2 unspecified atom stereocenters. The minimum atomic E-state index is -0.0136. The molecule has 2 nitrogen and oxygen atoms in total. The highest BCUT2D eigenvalue weighted by molar-refractivity contribution is 4.94. The second-order valence-electron chi connectivity index (χ2n) is 5.57. The lowest BCUT2D eigenvalue weighted by molar-refractivity contribution is -0.0629. The summed E-state index contributed by atoms with van der Waals surface area (Å²) in [6.07, 6.45) is 9.88. The molecule has 0 bridgehead atoms. The van der Waals surface area contributed by atoms with Crippen LogP contribution in [0.5, 0.6) is 0 Å². The highest BCUT2D eigenvalue weighted by Crippen LogP contribution is 2.35. The van der Waals surface area contributed by atoms with E-state index in [2.05, 4.69) is 13.8 Å². The molecule has 0 aromatic heterocycles. The minimum absolute atomic E-state index is 0.0136. The Balaban J connectivity index is 2.50. The van der Waals surface area contributed by atoms with Crippen LogP contribution in [0.1, 0.15) is 65.2 Å². The van der Waals surface area contributed by atoms with Crippen LogP contribution in [0.15, 0.2) is 0 Å². The van der Waals surface area contributed by atoms with Crippen molar-refractivity contribution in [3.8, 4) is 0 Å². The van der Waals surface area contributed by atoms with E-state index in [9.17, 15) is 0 Å². The van der Waals surface area contributed by atoms with E-state index in [0.29, 0.717) is 0 Å². The Bertz CT molecular complexity index is 187. The SMILES string of the molecule is CCCC(C)CC(N)C1(OC)CCCCC1. The van der Waals surface area contributed by atoms with Crippen LogP contribution in [0.25, 0.3) is 0 Å². The van der Waals surface area contributed by atoms with Gasteiger partial charge in [0.25, 0.3) is 0 Å². The number of hydrogen-bond acceptors (Lipinski definition) is 2. The van der Waals surface area contributed by atoms with Crippen LogP contribution in [0.3, 0.4) is 0 Å². The van der Waals surface area contributed by atoms with Gasteiger partial charge in [0.05, 0.1) is 5.60 Å². The smallest absolute Gasteiger partial charge is 0.0828 e. The van der Waals surface area contributed by atoms with Crippen molar-refractivity contribution in [3.63, 3.8) is 0 Å². The molecule has 0 saturated heterocycles. The molecule has 0 aromatic rings. The molecule has 16 heavy (non-hydrogen) atoms. The number of hydrogen-bond donors (Lipinski definition) is 1. The predicted molar refractivity (Wildman–Crippen MR) is 69.5 cm³/mol. The number of ether oxygens (including phenoxy) is 1. The van der Waals surface area contributed by atoms with Crippen molar-refractivity contribution in [1.82, 2.24) is 0 Å². The maximum atomic E-state index is 6.40. The maximum absolute atomic E-state index is 6.40. The maximum Gasteiger partial charge on any atom is 0.0828 e. The Kier molecular flexibility index (Phi) is 5.77. The van der Waals surface area contributed by atoms with Gasteiger partial charge in [0.1, 0.15) is 0 Å². The second kappa shape index (κ2) is 6.61. The average Bonchev–Trinajstić information content (AvgIpc) is 2.30. The van der Waals surface area contributed by atoms with Crippen LogP contribution in [-0.4, -0.2) is 18.8 Å². The van der Waals surface area contributed by atoms with E-state index < -0.39 is 0 Å². The molecule has 0 amide bonds. The molecule has 2 N–H and O–H groups in total. The number of nitrogens with two attached hydrogens (primary N) is 1. The lowest BCUT2D eigenvalue weighted by Crippen LogP contribution is -2.51. The quantitative estimate of drug-likeness (QED) is 0.754. The van der Waals surface area contributed by atoms with E-state index in [1.54, 1.807) is 0 Å². The number of methoxy groups -OCH3 is 1. The van der Waals surface area contributed by atoms with Crippen LogP contribution < -0.4 is 5.73 Å². The lowest BCUT2D eigenvalue weighted by Gasteiger charge is -2.41. The van der Waals surface area contributed by atoms with Gasteiger partial charge >= 0.3 is 0 Å². The van der Waals surface area contributed by atoms with Crippen molar-refractivity contribution in [1.29, 1.82) is 0 Å². The van der Waals surface area contributed by atoms with E-state index in [4.69, 9.17) is 10.5 Å². The molecule has 1 rings (SSSR count). The summed E-state index contributed by atoms with van der Waals surface area (Å²) in [7, 11) is 1.84. The van der Waals surface area contributed by atoms with E-state index in [1.807, 2.05) is 7.11 Å². The molecule has 1 fully saturated rings. The summed E-state index contributed by atoms with van der Waals surface area (Å²) in [6, 6.07) is 0.222. The first-order valence-corrected chi connectivity index (χ1v) is 6.95. The fourth-order valence-electron chi connectivity index (χ4n) is 3.14. The summed E-state index contributed by atoms with van der Waals surface area (Å²) in [5.74, 6) is 0.731. The van der Waals surface area contributed by atoms with E-state index in [-0.39, 0.29) is 11.6 Å². The fourth-order valence-corrected chi connectivity index (χ4v) is 3.14. The molecule has 0 heterocycles. The van der Waals surface area contributed by atoms with Crippen molar-refractivity contribution in [2.75, 3.05) is 7.11 Å². The second-order valence-corrected chi connectivity index (χ2v) is 5.57. The van der Waals surface area contributed by atoms with Gasteiger partial charge < -0.3 is 10.5 Å². The Morgan fingerprint density at radius 2 is 1.88 bits per heavy atom. The third-order valence-electron chi connectivity index (χ3n) is 4.22. The summed E-state index contributed by atoms with van der Waals surface area (Å²) >= 11 is 0. The molecular weight excluding hydrogens is 198 g/mol. The van der Waals surface area contributed by atoms with Gasteiger partial charge in [-0.15, -0.1) is 0 Å². The van der Waals surface area contributed by atoms with Gasteiger partial charge in [-0.25, -0.2) is 0 Å². The Labute approximate surface area is 101 Å². The van der Waals surface area contributed by atoms with Crippen LogP contribution in [-0.2, 0) is 4.74 Å². The van der Waals surface area contributed by atoms with Gasteiger partial charge in [-0.05, 0) is 25.2 Å². The van der Waals surface area contributed by atoms with Crippen LogP contribution in [0.4, 0.5) is 0 Å². The van der Waals surface area contributed by atoms with Gasteiger partial charge in [-0.2, -0.15) is 0 Å². The van der Waals surface area contributed by atoms with Crippen molar-refractivity contribution in [3.05, 3.63) is 0 Å². The Hall–Kier alpha value is -0.0800. The van der Waals surface area contributed by atoms with Crippen LogP contribution >= 0.6 is 0 Å². The Morgan fingerprint density at radius 3 is 2.38 bits per heavy atom. The lowest BCUT2D eigenvalue weighted by atomic mass is 9.76. The van der Waals surface area contributed by atoms with Crippen molar-refractivity contribution in [2.24, 2.45) is 11.7 Å². The molecule has 1 aliphatic rings. The number of rotatable bonds is 6. The monoisotopic (exact) mass is 227 g/mol. The summed E-state index contributed by atoms with van der Waals surface area (Å²) < 4.78 is 5.79. The topological polar surface area (TPSA) is 35.2 Å². The highest BCUT2D eigenvalue weighted by atomic mass is 16.5. The van der Waals surface area contributed by atoms with Crippen molar-refractivity contribution < 1.29 is 4.74 Å². The minimum Gasteiger partial charge on any atom is -0.377 e. The zero-order valence-electron chi connectivity index (χ0n) is 11.3. The van der Waals surface area contributed by atoms with Crippen molar-refractivity contribution >= 4 is 0 Å². The molecule has 0 spiro atoms. The van der Waals surface area contributed by atoms with Crippen molar-refractivity contribution in [2.45, 2.75) is 76.9 Å². The molecular formula is C14H29NO. The first-order chi connectivity index (χ1) is 7.64. The third-order valence-corrected chi connectivity index (χ3v) is 4.22. The molecule has 1 aliphatic carbocycles. The molecule has 96 valence electrons. The van der Waals surface area contributed by atoms with Gasteiger partial charge in [-0.1, -0.05) is 46.0 Å². The first-order valence-electron chi connectivity index (χ1n) is 6.95. The first kappa shape index (κ1) is 14.0. The van der Waals surface area contributed by atoms with Gasteiger partial charge in [0.15, 0.2) is 0 Å². The standard InChI is InChI=1S/C14H29NO/c1-4-8-12(2)11-13(15)14(16-3)9-6-5-7-10-14/h12-13H,4-11,15H2,1-3H3. The highest BCUT2D eigenvalue weighted by Gasteiger charge is 2.38. The summed E-state index contributed by atoms with van der Waals surface area (Å²) in [5.41, 5.74) is 6.39. The van der Waals surface area contributed by atoms with Crippen LogP contribution in [0.2, 0.25) is 0 Å². The summed E-state index contributed by atoms with van der Waals surface area (Å²) in [5, 5.41) is 0. The van der Waals surface area contributed by atoms with Gasteiger partial charge in [0, 0.05) is 13.2 Å². The van der Waals surface area contributed by atoms with Crippen LogP contribution in [0, 0.1) is 5.92 Å². The largest absolute Gasteiger partial charge is 0.377 e. The molecule has 1 saturated carbocycles. The molecule has 0 radical (unpaired) electrons. The molecule has 2 heteroatoms. The zero-order valence-corrected chi connectivity index (χ0v) is 11.3.